The molecule has 4 rings (SSSR count). The van der Waals surface area contributed by atoms with Gasteiger partial charge in [-0.25, -0.2) is 0 Å². The lowest BCUT2D eigenvalue weighted by atomic mass is 9.62. The summed E-state index contributed by atoms with van der Waals surface area (Å²) in [4.78, 5) is 0. The summed E-state index contributed by atoms with van der Waals surface area (Å²) in [6.07, 6.45) is 9.27. The highest BCUT2D eigenvalue weighted by Gasteiger charge is 2.41. The van der Waals surface area contributed by atoms with Crippen molar-refractivity contribution in [2.75, 3.05) is 7.11 Å². The van der Waals surface area contributed by atoms with E-state index in [1.54, 1.807) is 12.7 Å². The largest absolute Gasteiger partial charge is 0.497 e. The van der Waals surface area contributed by atoms with Crippen molar-refractivity contribution in [2.45, 2.75) is 44.9 Å². The summed E-state index contributed by atoms with van der Waals surface area (Å²) >= 11 is 0. The molecule has 3 unspecified atom stereocenters. The predicted molar refractivity (Wildman–Crippen MR) is 82.1 cm³/mol. The van der Waals surface area contributed by atoms with Crippen molar-refractivity contribution in [3.63, 3.8) is 0 Å². The van der Waals surface area contributed by atoms with E-state index in [0.29, 0.717) is 0 Å². The van der Waals surface area contributed by atoms with Crippen LogP contribution in [-0.2, 0) is 6.42 Å². The summed E-state index contributed by atoms with van der Waals surface area (Å²) in [6.45, 7) is 2.44. The molecule has 1 saturated carbocycles. The van der Waals surface area contributed by atoms with Crippen molar-refractivity contribution in [2.24, 2.45) is 17.8 Å². The van der Waals surface area contributed by atoms with Crippen molar-refractivity contribution in [1.29, 1.82) is 0 Å². The molecule has 1 nitrogen and oxygen atoms in total. The molecular weight excluding hydrogens is 244 g/mol. The second-order valence-corrected chi connectivity index (χ2v) is 6.92. The molecule has 1 aromatic rings. The minimum absolute atomic E-state index is 0.775. The maximum absolute atomic E-state index is 5.39. The number of ether oxygens (including phenoxy) is 1. The van der Waals surface area contributed by atoms with E-state index in [1.165, 1.54) is 37.7 Å². The van der Waals surface area contributed by atoms with Crippen LogP contribution in [0, 0.1) is 17.8 Å². The first kappa shape index (κ1) is 12.5. The van der Waals surface area contributed by atoms with Crippen LogP contribution in [0.15, 0.2) is 29.8 Å². The standard InChI is InChI=1S/C19H24O/c1-12-3-6-17-15(12)9-10-18-16-8-5-14(20-2)11-13(16)4-7-19(17)18/h5-6,8,11-12,15,18-19H,3-4,7,9-10H2,1-2H3/t12-,15?,18?,19?/m0/s1. The van der Waals surface area contributed by atoms with Crippen molar-refractivity contribution in [1.82, 2.24) is 0 Å². The maximum Gasteiger partial charge on any atom is 0.119 e. The number of methoxy groups -OCH3 is 1. The molecule has 3 aliphatic rings. The molecule has 0 bridgehead atoms. The van der Waals surface area contributed by atoms with Crippen LogP contribution in [0.25, 0.3) is 0 Å². The number of hydrogen-bond acceptors (Lipinski definition) is 1. The molecule has 106 valence electrons. The van der Waals surface area contributed by atoms with Crippen LogP contribution in [0.3, 0.4) is 0 Å². The summed E-state index contributed by atoms with van der Waals surface area (Å²) in [7, 11) is 1.77. The Bertz CT molecular complexity index is 557. The SMILES string of the molecule is COc1ccc2c(c1)CCC1C3=CC[C@H](C)C3CCC21. The molecule has 0 spiro atoms. The maximum atomic E-state index is 5.39. The zero-order valence-corrected chi connectivity index (χ0v) is 12.6. The van der Waals surface area contributed by atoms with E-state index in [9.17, 15) is 0 Å². The van der Waals surface area contributed by atoms with Gasteiger partial charge in [0.05, 0.1) is 7.11 Å². The minimum atomic E-state index is 0.775. The number of hydrogen-bond donors (Lipinski definition) is 0. The summed E-state index contributed by atoms with van der Waals surface area (Å²) in [6, 6.07) is 6.76. The second kappa shape index (κ2) is 4.65. The molecule has 0 N–H and O–H groups in total. The van der Waals surface area contributed by atoms with Gasteiger partial charge in [0.15, 0.2) is 0 Å². The van der Waals surface area contributed by atoms with Crippen LogP contribution in [0.5, 0.6) is 5.75 Å². The number of rotatable bonds is 1. The third-order valence-corrected chi connectivity index (χ3v) is 6.02. The van der Waals surface area contributed by atoms with Crippen LogP contribution in [0.1, 0.15) is 49.7 Å². The predicted octanol–water partition coefficient (Wildman–Crippen LogP) is 4.72. The van der Waals surface area contributed by atoms with E-state index in [2.05, 4.69) is 31.2 Å². The van der Waals surface area contributed by atoms with Gasteiger partial charge in [0.25, 0.3) is 0 Å². The average Bonchev–Trinajstić information content (AvgIpc) is 2.88. The molecule has 0 radical (unpaired) electrons. The second-order valence-electron chi connectivity index (χ2n) is 6.92. The van der Waals surface area contributed by atoms with E-state index in [-0.39, 0.29) is 0 Å². The normalized spacial score (nSPS) is 34.8. The van der Waals surface area contributed by atoms with Crippen molar-refractivity contribution < 1.29 is 4.74 Å². The zero-order chi connectivity index (χ0) is 13.7. The monoisotopic (exact) mass is 268 g/mol. The van der Waals surface area contributed by atoms with E-state index < -0.39 is 0 Å². The average molecular weight is 268 g/mol. The Morgan fingerprint density at radius 3 is 2.75 bits per heavy atom. The van der Waals surface area contributed by atoms with Crippen molar-refractivity contribution in [3.8, 4) is 5.75 Å². The van der Waals surface area contributed by atoms with Gasteiger partial charge >= 0.3 is 0 Å². The fraction of sp³-hybridized carbons (Fsp3) is 0.579. The van der Waals surface area contributed by atoms with Gasteiger partial charge in [0, 0.05) is 0 Å². The lowest BCUT2D eigenvalue weighted by Gasteiger charge is -2.42. The number of allylic oxidation sites excluding steroid dienone is 2. The van der Waals surface area contributed by atoms with Gasteiger partial charge in [0.2, 0.25) is 0 Å². The molecule has 20 heavy (non-hydrogen) atoms. The van der Waals surface area contributed by atoms with Crippen LogP contribution < -0.4 is 4.74 Å². The third-order valence-electron chi connectivity index (χ3n) is 6.02. The summed E-state index contributed by atoms with van der Waals surface area (Å²) < 4.78 is 5.39. The zero-order valence-electron chi connectivity index (χ0n) is 12.6. The molecule has 0 aromatic heterocycles. The molecule has 4 atom stereocenters. The van der Waals surface area contributed by atoms with Gasteiger partial charge in [-0.1, -0.05) is 24.6 Å². The Morgan fingerprint density at radius 2 is 1.90 bits per heavy atom. The number of aryl methyl sites for hydroxylation is 1. The molecule has 0 aliphatic heterocycles. The first-order chi connectivity index (χ1) is 9.78. The Balaban J connectivity index is 1.69. The Morgan fingerprint density at radius 1 is 1.05 bits per heavy atom. The lowest BCUT2D eigenvalue weighted by Crippen LogP contribution is -2.30. The summed E-state index contributed by atoms with van der Waals surface area (Å²) in [5, 5.41) is 0. The smallest absolute Gasteiger partial charge is 0.119 e. The minimum Gasteiger partial charge on any atom is -0.497 e. The third kappa shape index (κ3) is 1.75. The van der Waals surface area contributed by atoms with E-state index in [4.69, 9.17) is 4.74 Å². The fourth-order valence-electron chi connectivity index (χ4n) is 4.97. The van der Waals surface area contributed by atoms with Crippen LogP contribution >= 0.6 is 0 Å². The Kier molecular flexibility index (Phi) is 2.90. The van der Waals surface area contributed by atoms with Crippen molar-refractivity contribution in [3.05, 3.63) is 41.0 Å². The van der Waals surface area contributed by atoms with E-state index in [1.807, 2.05) is 5.57 Å². The molecule has 0 heterocycles. The molecule has 0 saturated heterocycles. The highest BCUT2D eigenvalue weighted by Crippen LogP contribution is 2.54. The van der Waals surface area contributed by atoms with Gasteiger partial charge in [-0.15, -0.1) is 0 Å². The van der Waals surface area contributed by atoms with Crippen LogP contribution in [-0.4, -0.2) is 7.11 Å². The number of fused-ring (bicyclic) bond motifs is 5. The summed E-state index contributed by atoms with van der Waals surface area (Å²) in [5.74, 6) is 4.42. The first-order valence-corrected chi connectivity index (χ1v) is 8.14. The first-order valence-electron chi connectivity index (χ1n) is 8.14. The Hall–Kier alpha value is -1.24. The molecule has 1 aromatic carbocycles. The van der Waals surface area contributed by atoms with E-state index >= 15 is 0 Å². The molecule has 1 fully saturated rings. The molecule has 3 aliphatic carbocycles. The van der Waals surface area contributed by atoms with Gasteiger partial charge in [-0.3, -0.25) is 0 Å². The van der Waals surface area contributed by atoms with Gasteiger partial charge in [0.1, 0.15) is 5.75 Å². The van der Waals surface area contributed by atoms with Gasteiger partial charge in [-0.05, 0) is 79.0 Å². The van der Waals surface area contributed by atoms with Gasteiger partial charge in [-0.2, -0.15) is 0 Å². The molecule has 0 amide bonds. The quantitative estimate of drug-likeness (QED) is 0.670. The highest BCUT2D eigenvalue weighted by molar-refractivity contribution is 5.42. The highest BCUT2D eigenvalue weighted by atomic mass is 16.5. The topological polar surface area (TPSA) is 9.23 Å². The summed E-state index contributed by atoms with van der Waals surface area (Å²) in [5.41, 5.74) is 4.96. The van der Waals surface area contributed by atoms with Crippen LogP contribution in [0.4, 0.5) is 0 Å². The molecule has 1 heteroatoms. The lowest BCUT2D eigenvalue weighted by molar-refractivity contribution is 0.265. The van der Waals surface area contributed by atoms with E-state index in [0.717, 1.165) is 29.4 Å². The fourth-order valence-corrected chi connectivity index (χ4v) is 4.97. The number of benzene rings is 1. The van der Waals surface area contributed by atoms with Gasteiger partial charge < -0.3 is 4.74 Å². The van der Waals surface area contributed by atoms with Crippen LogP contribution in [0.2, 0.25) is 0 Å². The molecular formula is C19H24O. The van der Waals surface area contributed by atoms with Crippen molar-refractivity contribution >= 4 is 0 Å². The Labute approximate surface area is 122 Å².